The van der Waals surface area contributed by atoms with E-state index in [4.69, 9.17) is 0 Å². The summed E-state index contributed by atoms with van der Waals surface area (Å²) in [6.45, 7) is 2.68. The van der Waals surface area contributed by atoms with Crippen LogP contribution < -0.4 is 0 Å². The number of aromatic nitrogens is 2. The van der Waals surface area contributed by atoms with E-state index in [9.17, 15) is 9.90 Å². The van der Waals surface area contributed by atoms with Crippen LogP contribution in [0.4, 0.5) is 0 Å². The maximum Gasteiger partial charge on any atom is 0.354 e. The van der Waals surface area contributed by atoms with Crippen molar-refractivity contribution in [3.05, 3.63) is 17.5 Å². The number of carboxylic acid groups (broad SMARTS) is 1. The molecule has 0 amide bonds. The average molecular weight is 274 g/mol. The van der Waals surface area contributed by atoms with Gasteiger partial charge in [-0.3, -0.25) is 4.68 Å². The summed E-state index contributed by atoms with van der Waals surface area (Å²) in [6, 6.07) is 1.69. The summed E-state index contributed by atoms with van der Waals surface area (Å²) in [5.41, 5.74) is 1.17. The number of carbonyl (C=O) groups is 1. The third-order valence-corrected chi connectivity index (χ3v) is 5.93. The number of nitrogens with zero attached hydrogens (tertiary/aromatic N) is 2. The molecule has 0 saturated heterocycles. The molecular weight excluding hydrogens is 252 g/mol. The number of carboxylic acids is 1. The maximum atomic E-state index is 11.3. The van der Waals surface area contributed by atoms with Crippen molar-refractivity contribution >= 4 is 5.97 Å². The molecular formula is C16H22N2O2. The highest BCUT2D eigenvalue weighted by atomic mass is 16.4. The standard InChI is InChI=1S/C16H22N2O2/c1-9-2-15(16(19)20)18(17-9)8-14-12-4-10-3-11(6-12)7-13(14)5-10/h2,10-14H,3-8H2,1H3,(H,19,20). The van der Waals surface area contributed by atoms with Crippen molar-refractivity contribution in [2.45, 2.75) is 45.6 Å². The van der Waals surface area contributed by atoms with E-state index >= 15 is 0 Å². The fraction of sp³-hybridized carbons (Fsp3) is 0.750. The summed E-state index contributed by atoms with van der Waals surface area (Å²) >= 11 is 0. The fourth-order valence-corrected chi connectivity index (χ4v) is 5.39. The van der Waals surface area contributed by atoms with Crippen molar-refractivity contribution < 1.29 is 9.90 Å². The number of hydrogen-bond donors (Lipinski definition) is 1. The van der Waals surface area contributed by atoms with Gasteiger partial charge in [-0.05, 0) is 74.7 Å². The Bertz CT molecular complexity index is 521. The van der Waals surface area contributed by atoms with Crippen LogP contribution in [-0.4, -0.2) is 20.9 Å². The Morgan fingerprint density at radius 1 is 1.25 bits per heavy atom. The minimum atomic E-state index is -0.852. The Morgan fingerprint density at radius 2 is 1.85 bits per heavy atom. The van der Waals surface area contributed by atoms with Gasteiger partial charge in [0.25, 0.3) is 0 Å². The van der Waals surface area contributed by atoms with Crippen molar-refractivity contribution in [1.29, 1.82) is 0 Å². The normalized spacial score (nSPS) is 38.4. The first-order valence-corrected chi connectivity index (χ1v) is 7.88. The first-order chi connectivity index (χ1) is 9.60. The Balaban J connectivity index is 1.59. The van der Waals surface area contributed by atoms with E-state index in [-0.39, 0.29) is 0 Å². The number of aryl methyl sites for hydroxylation is 1. The summed E-state index contributed by atoms with van der Waals surface area (Å²) in [4.78, 5) is 11.3. The van der Waals surface area contributed by atoms with E-state index < -0.39 is 5.97 Å². The molecule has 0 radical (unpaired) electrons. The van der Waals surface area contributed by atoms with Crippen LogP contribution in [0.3, 0.4) is 0 Å². The summed E-state index contributed by atoms with van der Waals surface area (Å²) in [5.74, 6) is 3.36. The van der Waals surface area contributed by atoms with Crippen LogP contribution in [0.2, 0.25) is 0 Å². The quantitative estimate of drug-likeness (QED) is 0.922. The molecule has 0 unspecified atom stereocenters. The van der Waals surface area contributed by atoms with Crippen molar-refractivity contribution in [3.8, 4) is 0 Å². The summed E-state index contributed by atoms with van der Waals surface area (Å²) < 4.78 is 1.75. The largest absolute Gasteiger partial charge is 0.477 e. The molecule has 0 spiro atoms. The maximum absolute atomic E-state index is 11.3. The van der Waals surface area contributed by atoms with Gasteiger partial charge >= 0.3 is 5.97 Å². The van der Waals surface area contributed by atoms with Crippen molar-refractivity contribution in [1.82, 2.24) is 9.78 Å². The molecule has 5 rings (SSSR count). The number of rotatable bonds is 3. The Morgan fingerprint density at radius 3 is 2.40 bits per heavy atom. The van der Waals surface area contributed by atoms with E-state index in [1.54, 1.807) is 10.7 Å². The lowest BCUT2D eigenvalue weighted by atomic mass is 9.52. The van der Waals surface area contributed by atoms with Gasteiger partial charge < -0.3 is 5.11 Å². The predicted molar refractivity (Wildman–Crippen MR) is 74.5 cm³/mol. The van der Waals surface area contributed by atoms with E-state index in [0.29, 0.717) is 11.6 Å². The molecule has 4 aliphatic carbocycles. The van der Waals surface area contributed by atoms with Gasteiger partial charge in [0.05, 0.1) is 5.69 Å². The zero-order valence-electron chi connectivity index (χ0n) is 12.0. The van der Waals surface area contributed by atoms with Crippen LogP contribution in [0.5, 0.6) is 0 Å². The molecule has 4 aliphatic rings. The van der Waals surface area contributed by atoms with Crippen molar-refractivity contribution in [2.75, 3.05) is 0 Å². The van der Waals surface area contributed by atoms with E-state index in [1.807, 2.05) is 6.92 Å². The minimum absolute atomic E-state index is 0.358. The van der Waals surface area contributed by atoms with Crippen LogP contribution in [-0.2, 0) is 6.54 Å². The van der Waals surface area contributed by atoms with Crippen LogP contribution in [0.15, 0.2) is 6.07 Å². The summed E-state index contributed by atoms with van der Waals surface area (Å²) in [7, 11) is 0. The molecule has 1 aromatic heterocycles. The first-order valence-electron chi connectivity index (χ1n) is 7.88. The molecule has 4 nitrogen and oxygen atoms in total. The van der Waals surface area contributed by atoms with Crippen LogP contribution in [0, 0.1) is 36.5 Å². The topological polar surface area (TPSA) is 55.1 Å². The van der Waals surface area contributed by atoms with Gasteiger partial charge in [-0.15, -0.1) is 0 Å². The molecule has 108 valence electrons. The SMILES string of the molecule is Cc1cc(C(=O)O)n(CC2C3CC4CC(C3)CC2C4)n1. The molecule has 0 aromatic carbocycles. The zero-order valence-corrected chi connectivity index (χ0v) is 12.0. The fourth-order valence-electron chi connectivity index (χ4n) is 5.39. The highest BCUT2D eigenvalue weighted by Gasteiger charge is 2.48. The lowest BCUT2D eigenvalue weighted by Crippen LogP contribution is -2.46. The molecule has 4 bridgehead atoms. The number of hydrogen-bond acceptors (Lipinski definition) is 2. The van der Waals surface area contributed by atoms with Gasteiger partial charge in [-0.1, -0.05) is 0 Å². The summed E-state index contributed by atoms with van der Waals surface area (Å²) in [6.07, 6.45) is 6.96. The lowest BCUT2D eigenvalue weighted by molar-refractivity contribution is -0.0445. The Kier molecular flexibility index (Phi) is 2.69. The van der Waals surface area contributed by atoms with Crippen LogP contribution in [0.25, 0.3) is 0 Å². The molecule has 1 heterocycles. The van der Waals surface area contributed by atoms with E-state index in [0.717, 1.165) is 35.9 Å². The minimum Gasteiger partial charge on any atom is -0.477 e. The van der Waals surface area contributed by atoms with Gasteiger partial charge in [0.15, 0.2) is 0 Å². The Hall–Kier alpha value is -1.32. The van der Waals surface area contributed by atoms with Crippen molar-refractivity contribution in [3.63, 3.8) is 0 Å². The zero-order chi connectivity index (χ0) is 13.9. The average Bonchev–Trinajstić information content (AvgIpc) is 2.74. The van der Waals surface area contributed by atoms with Gasteiger partial charge in [-0.25, -0.2) is 4.79 Å². The first kappa shape index (κ1) is 12.4. The van der Waals surface area contributed by atoms with E-state index in [2.05, 4.69) is 5.10 Å². The molecule has 0 aliphatic heterocycles. The highest BCUT2D eigenvalue weighted by molar-refractivity contribution is 5.85. The summed E-state index contributed by atoms with van der Waals surface area (Å²) in [5, 5.41) is 13.7. The predicted octanol–water partition coefficient (Wildman–Crippen LogP) is 2.96. The molecule has 0 atom stereocenters. The van der Waals surface area contributed by atoms with Gasteiger partial charge in [0.2, 0.25) is 0 Å². The smallest absolute Gasteiger partial charge is 0.354 e. The van der Waals surface area contributed by atoms with Crippen LogP contribution in [0.1, 0.15) is 48.3 Å². The molecule has 4 fully saturated rings. The third kappa shape index (κ3) is 1.88. The molecule has 1 N–H and O–H groups in total. The highest BCUT2D eigenvalue weighted by Crippen LogP contribution is 2.56. The second-order valence-corrected chi connectivity index (χ2v) is 7.25. The van der Waals surface area contributed by atoms with E-state index in [1.165, 1.54) is 32.1 Å². The van der Waals surface area contributed by atoms with Gasteiger partial charge in [-0.2, -0.15) is 5.10 Å². The molecule has 4 heteroatoms. The third-order valence-electron chi connectivity index (χ3n) is 5.93. The van der Waals surface area contributed by atoms with Gasteiger partial charge in [0, 0.05) is 6.54 Å². The van der Waals surface area contributed by atoms with Crippen molar-refractivity contribution in [2.24, 2.45) is 29.6 Å². The van der Waals surface area contributed by atoms with Gasteiger partial charge in [0.1, 0.15) is 5.69 Å². The number of aromatic carboxylic acids is 1. The Labute approximate surface area is 119 Å². The lowest BCUT2D eigenvalue weighted by Gasteiger charge is -2.54. The molecule has 4 saturated carbocycles. The van der Waals surface area contributed by atoms with Crippen LogP contribution >= 0.6 is 0 Å². The molecule has 1 aromatic rings. The second-order valence-electron chi connectivity index (χ2n) is 7.25. The monoisotopic (exact) mass is 274 g/mol. The second kappa shape index (κ2) is 4.34. The molecule has 20 heavy (non-hydrogen) atoms.